The van der Waals surface area contributed by atoms with E-state index in [-0.39, 0.29) is 10.5 Å². The van der Waals surface area contributed by atoms with E-state index in [4.69, 9.17) is 11.6 Å². The first-order valence-corrected chi connectivity index (χ1v) is 14.0. The molecule has 4 aromatic rings. The fourth-order valence-corrected chi connectivity index (χ4v) is 6.58. The van der Waals surface area contributed by atoms with E-state index in [1.165, 1.54) is 6.07 Å². The topological polar surface area (TPSA) is 84.2 Å². The van der Waals surface area contributed by atoms with Crippen LogP contribution in [-0.2, 0) is 15.9 Å². The van der Waals surface area contributed by atoms with E-state index in [1.54, 1.807) is 12.1 Å². The quantitative estimate of drug-likeness (QED) is 0.287. The van der Waals surface area contributed by atoms with Crippen molar-refractivity contribution in [1.29, 1.82) is 0 Å². The molecule has 1 aliphatic heterocycles. The highest BCUT2D eigenvalue weighted by atomic mass is 35.5. The number of halogens is 6. The minimum Gasteiger partial charge on any atom is -0.345 e. The Balaban J connectivity index is 1.39. The lowest BCUT2D eigenvalue weighted by atomic mass is 10.1. The maximum Gasteiger partial charge on any atom is 0.332 e. The van der Waals surface area contributed by atoms with Crippen molar-refractivity contribution in [3.63, 3.8) is 0 Å². The summed E-state index contributed by atoms with van der Waals surface area (Å²) in [5.74, 6) is -4.26. The number of rotatable bonds is 6. The lowest BCUT2D eigenvalue weighted by Gasteiger charge is -2.42. The number of alkyl halides is 4. The minimum absolute atomic E-state index is 0.171. The van der Waals surface area contributed by atoms with E-state index in [9.17, 15) is 30.4 Å². The zero-order valence-electron chi connectivity index (χ0n) is 20.5. The maximum absolute atomic E-state index is 13.8. The Labute approximate surface area is 230 Å². The average molecular weight is 599 g/mol. The first-order chi connectivity index (χ1) is 18.9. The number of hydrogen-bond donors (Lipinski definition) is 0. The third-order valence-electron chi connectivity index (χ3n) is 7.27. The molecule has 0 radical (unpaired) electrons. The molecule has 1 saturated carbocycles. The van der Waals surface area contributed by atoms with Crippen LogP contribution < -0.4 is 9.80 Å². The second-order valence-electron chi connectivity index (χ2n) is 9.75. The van der Waals surface area contributed by atoms with Crippen molar-refractivity contribution in [2.75, 3.05) is 29.4 Å². The van der Waals surface area contributed by atoms with Crippen molar-refractivity contribution in [3.8, 4) is 0 Å². The van der Waals surface area contributed by atoms with Gasteiger partial charge in [-0.25, -0.2) is 23.1 Å². The van der Waals surface area contributed by atoms with Crippen molar-refractivity contribution >= 4 is 44.3 Å². The number of fused-ring (bicyclic) bond motifs is 1. The van der Waals surface area contributed by atoms with E-state index >= 15 is 0 Å². The molecule has 0 N–H and O–H groups in total. The van der Waals surface area contributed by atoms with Gasteiger partial charge in [-0.3, -0.25) is 0 Å². The number of nitrogens with zero attached hydrogens (tertiary/aromatic N) is 6. The van der Waals surface area contributed by atoms with Gasteiger partial charge in [0.15, 0.2) is 11.6 Å². The first kappa shape index (κ1) is 26.7. The largest absolute Gasteiger partial charge is 0.345 e. The molecule has 2 aliphatic rings. The Bertz CT molecular complexity index is 1700. The highest BCUT2D eigenvalue weighted by Crippen LogP contribution is 2.49. The zero-order chi connectivity index (χ0) is 28.4. The van der Waals surface area contributed by atoms with Gasteiger partial charge in [-0.15, -0.1) is 5.10 Å². The smallest absolute Gasteiger partial charge is 0.332 e. The predicted molar refractivity (Wildman–Crippen MR) is 137 cm³/mol. The van der Waals surface area contributed by atoms with Gasteiger partial charge in [0.25, 0.3) is 10.0 Å². The molecule has 2 aromatic carbocycles. The molecule has 0 unspecified atom stereocenters. The lowest BCUT2D eigenvalue weighted by Crippen LogP contribution is -2.56. The number of anilines is 2. The maximum atomic E-state index is 13.8. The van der Waals surface area contributed by atoms with Crippen molar-refractivity contribution in [1.82, 2.24) is 19.2 Å². The van der Waals surface area contributed by atoms with Gasteiger partial charge < -0.3 is 9.80 Å². The zero-order valence-corrected chi connectivity index (χ0v) is 22.1. The van der Waals surface area contributed by atoms with Gasteiger partial charge in [0.2, 0.25) is 5.95 Å². The molecule has 0 amide bonds. The summed E-state index contributed by atoms with van der Waals surface area (Å²) >= 11 is 6.55. The Kier molecular flexibility index (Phi) is 6.18. The second kappa shape index (κ2) is 9.26. The van der Waals surface area contributed by atoms with Gasteiger partial charge in [0, 0.05) is 25.2 Å². The molecular formula is C25H20ClF5N6O2S. The molecular weight excluding hydrogens is 579 g/mol. The molecule has 2 fully saturated rings. The molecule has 210 valence electrons. The molecule has 0 bridgehead atoms. The van der Waals surface area contributed by atoms with Gasteiger partial charge >= 0.3 is 12.3 Å². The summed E-state index contributed by atoms with van der Waals surface area (Å²) < 4.78 is 94.4. The average Bonchev–Trinajstić information content (AvgIpc) is 3.57. The summed E-state index contributed by atoms with van der Waals surface area (Å²) in [5, 5.41) is 5.13. The Hall–Kier alpha value is -3.52. The molecule has 0 atom stereocenters. The fourth-order valence-electron chi connectivity index (χ4n) is 5.05. The monoisotopic (exact) mass is 598 g/mol. The van der Waals surface area contributed by atoms with E-state index < -0.39 is 44.2 Å². The van der Waals surface area contributed by atoms with Crippen LogP contribution >= 0.6 is 11.6 Å². The van der Waals surface area contributed by atoms with E-state index in [2.05, 4.69) is 15.1 Å². The number of benzene rings is 2. The third kappa shape index (κ3) is 4.24. The Morgan fingerprint density at radius 2 is 1.68 bits per heavy atom. The lowest BCUT2D eigenvalue weighted by molar-refractivity contribution is -0.135. The Morgan fingerprint density at radius 1 is 1.00 bits per heavy atom. The SMILES string of the molecule is O=S(=O)(c1ccc(C(F)(F)C(F)F)cc1)n1nc(N2CCN(c3ncc(F)cn3)CC23CC3)c2c(Cl)cccc21. The van der Waals surface area contributed by atoms with E-state index in [0.717, 1.165) is 41.5 Å². The summed E-state index contributed by atoms with van der Waals surface area (Å²) in [6.07, 6.45) is -0.212. The van der Waals surface area contributed by atoms with Crippen LogP contribution in [-0.4, -0.2) is 59.2 Å². The summed E-state index contributed by atoms with van der Waals surface area (Å²) in [6.45, 7) is 1.35. The van der Waals surface area contributed by atoms with Gasteiger partial charge in [-0.05, 0) is 37.1 Å². The van der Waals surface area contributed by atoms with Gasteiger partial charge in [0.1, 0.15) is 0 Å². The molecule has 3 heterocycles. The van der Waals surface area contributed by atoms with E-state index in [0.29, 0.717) is 48.9 Å². The normalized spacial score (nSPS) is 17.3. The first-order valence-electron chi connectivity index (χ1n) is 12.1. The van der Waals surface area contributed by atoms with Crippen molar-refractivity contribution in [2.45, 2.75) is 35.6 Å². The third-order valence-corrected chi connectivity index (χ3v) is 9.19. The van der Waals surface area contributed by atoms with Crippen molar-refractivity contribution in [3.05, 3.63) is 71.3 Å². The number of aromatic nitrogens is 4. The second-order valence-corrected chi connectivity index (χ2v) is 11.9. The van der Waals surface area contributed by atoms with Crippen LogP contribution in [0.2, 0.25) is 5.02 Å². The van der Waals surface area contributed by atoms with Crippen LogP contribution in [0.5, 0.6) is 0 Å². The van der Waals surface area contributed by atoms with Gasteiger partial charge in [-0.1, -0.05) is 29.8 Å². The molecule has 1 saturated heterocycles. The highest BCUT2D eigenvalue weighted by molar-refractivity contribution is 7.90. The molecule has 8 nitrogen and oxygen atoms in total. The molecule has 1 aliphatic carbocycles. The van der Waals surface area contributed by atoms with Crippen LogP contribution in [0, 0.1) is 5.82 Å². The standard InChI is InChI=1S/C25H20ClF5N6O2S/c26-18-2-1-3-19-20(18)21(36-11-10-35(14-24(36)8-9-24)23-32-12-16(27)13-33-23)34-37(19)40(38,39)17-6-4-15(5-7-17)25(30,31)22(28)29/h1-7,12-13,22H,8-11,14H2. The van der Waals surface area contributed by atoms with Gasteiger partial charge in [0.05, 0.1) is 38.8 Å². The van der Waals surface area contributed by atoms with Gasteiger partial charge in [-0.2, -0.15) is 21.3 Å². The molecule has 2 aromatic heterocycles. The summed E-state index contributed by atoms with van der Waals surface area (Å²) in [4.78, 5) is 11.7. The molecule has 40 heavy (non-hydrogen) atoms. The predicted octanol–water partition coefficient (Wildman–Crippen LogP) is 5.07. The highest BCUT2D eigenvalue weighted by Gasteiger charge is 2.53. The minimum atomic E-state index is -4.44. The Morgan fingerprint density at radius 3 is 2.30 bits per heavy atom. The van der Waals surface area contributed by atoms with Crippen LogP contribution in [0.3, 0.4) is 0 Å². The molecule has 6 rings (SSSR count). The molecule has 1 spiro atoms. The van der Waals surface area contributed by atoms with Crippen molar-refractivity contribution < 1.29 is 30.4 Å². The van der Waals surface area contributed by atoms with Crippen LogP contribution in [0.25, 0.3) is 10.9 Å². The summed E-state index contributed by atoms with van der Waals surface area (Å²) in [6, 6.07) is 7.71. The van der Waals surface area contributed by atoms with Crippen LogP contribution in [0.15, 0.2) is 59.8 Å². The molecule has 15 heteroatoms. The van der Waals surface area contributed by atoms with Crippen LogP contribution in [0.1, 0.15) is 18.4 Å². The number of piperazine rings is 1. The van der Waals surface area contributed by atoms with E-state index in [1.807, 2.05) is 9.80 Å². The summed E-state index contributed by atoms with van der Waals surface area (Å²) in [5.41, 5.74) is -1.24. The van der Waals surface area contributed by atoms with Crippen LogP contribution in [0.4, 0.5) is 33.7 Å². The fraction of sp³-hybridized carbons (Fsp3) is 0.320. The van der Waals surface area contributed by atoms with Crippen molar-refractivity contribution in [2.24, 2.45) is 0 Å². The summed E-state index contributed by atoms with van der Waals surface area (Å²) in [7, 11) is -4.44. The number of hydrogen-bond acceptors (Lipinski definition) is 7.